The summed E-state index contributed by atoms with van der Waals surface area (Å²) < 4.78 is 37.8. The van der Waals surface area contributed by atoms with E-state index in [1.807, 2.05) is 30.3 Å². The van der Waals surface area contributed by atoms with E-state index in [4.69, 9.17) is 9.47 Å². The number of likely N-dealkylation sites (tertiary alicyclic amines) is 1. The van der Waals surface area contributed by atoms with Gasteiger partial charge in [-0.3, -0.25) is 4.79 Å². The first kappa shape index (κ1) is 21.3. The number of benzene rings is 2. The van der Waals surface area contributed by atoms with Gasteiger partial charge in [0.25, 0.3) is 5.91 Å². The van der Waals surface area contributed by atoms with E-state index < -0.39 is 10.0 Å². The Labute approximate surface area is 171 Å². The Kier molecular flexibility index (Phi) is 6.89. The van der Waals surface area contributed by atoms with Crippen molar-refractivity contribution in [2.24, 2.45) is 0 Å². The van der Waals surface area contributed by atoms with Gasteiger partial charge in [0.15, 0.2) is 0 Å². The van der Waals surface area contributed by atoms with Crippen LogP contribution in [0.2, 0.25) is 0 Å². The number of methoxy groups -OCH3 is 1. The second-order valence-corrected chi connectivity index (χ2v) is 8.72. The summed E-state index contributed by atoms with van der Waals surface area (Å²) in [6, 6.07) is 14.5. The van der Waals surface area contributed by atoms with Gasteiger partial charge in [-0.05, 0) is 43.7 Å². The number of piperidine rings is 1. The van der Waals surface area contributed by atoms with Crippen LogP contribution in [0.15, 0.2) is 53.4 Å². The minimum absolute atomic E-state index is 0.0468. The van der Waals surface area contributed by atoms with Crippen LogP contribution in [0.5, 0.6) is 5.75 Å². The quantitative estimate of drug-likeness (QED) is 0.747. The molecule has 1 N–H and O–H groups in total. The second-order valence-electron chi connectivity index (χ2n) is 6.86. The zero-order chi connectivity index (χ0) is 20.9. The molecular weight excluding hydrogens is 392 g/mol. The highest BCUT2D eigenvalue weighted by molar-refractivity contribution is 7.89. The van der Waals surface area contributed by atoms with Gasteiger partial charge in [-0.15, -0.1) is 0 Å². The zero-order valence-electron chi connectivity index (χ0n) is 16.6. The number of amides is 1. The van der Waals surface area contributed by atoms with Crippen LogP contribution in [0.4, 0.5) is 0 Å². The highest BCUT2D eigenvalue weighted by Gasteiger charge is 2.26. The average molecular weight is 419 g/mol. The highest BCUT2D eigenvalue weighted by Crippen LogP contribution is 2.26. The van der Waals surface area contributed by atoms with E-state index in [0.29, 0.717) is 25.3 Å². The van der Waals surface area contributed by atoms with Gasteiger partial charge in [0.05, 0.1) is 19.8 Å². The first-order valence-electron chi connectivity index (χ1n) is 9.51. The molecule has 156 valence electrons. The van der Waals surface area contributed by atoms with E-state index in [1.54, 1.807) is 11.0 Å². The SMILES string of the molecule is CNS(=O)(=O)c1cc(C(=O)N2CCC(OCc3ccccc3)CC2)ccc1OC. The number of carbonyl (C=O) groups excluding carboxylic acids is 1. The fourth-order valence-corrected chi connectivity index (χ4v) is 4.24. The minimum atomic E-state index is -3.74. The molecular formula is C21H26N2O5S. The van der Waals surface area contributed by atoms with E-state index in [1.165, 1.54) is 26.3 Å². The van der Waals surface area contributed by atoms with E-state index in [0.717, 1.165) is 18.4 Å². The Bertz CT molecular complexity index is 939. The predicted octanol–water partition coefficient (Wildman–Crippen LogP) is 2.42. The van der Waals surface area contributed by atoms with E-state index in [2.05, 4.69) is 4.72 Å². The maximum Gasteiger partial charge on any atom is 0.253 e. The molecule has 1 aliphatic rings. The summed E-state index contributed by atoms with van der Waals surface area (Å²) in [6.45, 7) is 1.69. The largest absolute Gasteiger partial charge is 0.495 e. The summed E-state index contributed by atoms with van der Waals surface area (Å²) >= 11 is 0. The first-order chi connectivity index (χ1) is 13.9. The van der Waals surface area contributed by atoms with Crippen molar-refractivity contribution in [3.05, 3.63) is 59.7 Å². The third-order valence-corrected chi connectivity index (χ3v) is 6.46. The third-order valence-electron chi connectivity index (χ3n) is 5.03. The average Bonchev–Trinajstić information content (AvgIpc) is 2.77. The number of sulfonamides is 1. The molecule has 0 bridgehead atoms. The van der Waals surface area contributed by atoms with Crippen molar-refractivity contribution in [1.29, 1.82) is 0 Å². The van der Waals surface area contributed by atoms with Gasteiger partial charge in [-0.1, -0.05) is 30.3 Å². The lowest BCUT2D eigenvalue weighted by Crippen LogP contribution is -2.41. The van der Waals surface area contributed by atoms with E-state index in [-0.39, 0.29) is 22.7 Å². The summed E-state index contributed by atoms with van der Waals surface area (Å²) in [4.78, 5) is 14.6. The van der Waals surface area contributed by atoms with Crippen molar-refractivity contribution >= 4 is 15.9 Å². The number of rotatable bonds is 7. The highest BCUT2D eigenvalue weighted by atomic mass is 32.2. The van der Waals surface area contributed by atoms with Crippen LogP contribution in [0.3, 0.4) is 0 Å². The molecule has 0 atom stereocenters. The molecule has 29 heavy (non-hydrogen) atoms. The Morgan fingerprint density at radius 3 is 2.45 bits per heavy atom. The molecule has 2 aromatic carbocycles. The Morgan fingerprint density at radius 2 is 1.83 bits per heavy atom. The zero-order valence-corrected chi connectivity index (χ0v) is 17.4. The van der Waals surface area contributed by atoms with E-state index >= 15 is 0 Å². The molecule has 0 saturated carbocycles. The topological polar surface area (TPSA) is 84.9 Å². The minimum Gasteiger partial charge on any atom is -0.495 e. The van der Waals surface area contributed by atoms with Crippen molar-refractivity contribution in [2.75, 3.05) is 27.2 Å². The van der Waals surface area contributed by atoms with Crippen molar-refractivity contribution in [2.45, 2.75) is 30.4 Å². The van der Waals surface area contributed by atoms with Crippen molar-refractivity contribution in [3.8, 4) is 5.75 Å². The standard InChI is InChI=1S/C21H26N2O5S/c1-22-29(25,26)20-14-17(8-9-19(20)27-2)21(24)23-12-10-18(11-13-23)28-15-16-6-4-3-5-7-16/h3-9,14,18,22H,10-13,15H2,1-2H3. The van der Waals surface area contributed by atoms with Crippen LogP contribution >= 0.6 is 0 Å². The van der Waals surface area contributed by atoms with Gasteiger partial charge >= 0.3 is 0 Å². The van der Waals surface area contributed by atoms with Crippen molar-refractivity contribution in [3.63, 3.8) is 0 Å². The lowest BCUT2D eigenvalue weighted by molar-refractivity contribution is -0.000385. The van der Waals surface area contributed by atoms with Crippen LogP contribution < -0.4 is 9.46 Å². The van der Waals surface area contributed by atoms with Gasteiger partial charge < -0.3 is 14.4 Å². The first-order valence-corrected chi connectivity index (χ1v) is 11.0. The smallest absolute Gasteiger partial charge is 0.253 e. The Morgan fingerprint density at radius 1 is 1.14 bits per heavy atom. The summed E-state index contributed by atoms with van der Waals surface area (Å²) in [6.07, 6.45) is 1.60. The molecule has 3 rings (SSSR count). The molecule has 2 aromatic rings. The van der Waals surface area contributed by atoms with Gasteiger partial charge in [0.1, 0.15) is 10.6 Å². The van der Waals surface area contributed by atoms with Crippen LogP contribution in [0.1, 0.15) is 28.8 Å². The maximum atomic E-state index is 12.9. The normalized spacial score (nSPS) is 15.3. The summed E-state index contributed by atoms with van der Waals surface area (Å²) in [7, 11) is -1.02. The molecule has 0 unspecified atom stereocenters. The second kappa shape index (κ2) is 9.39. The molecule has 1 aliphatic heterocycles. The molecule has 0 aromatic heterocycles. The molecule has 0 spiro atoms. The molecule has 1 fully saturated rings. The van der Waals surface area contributed by atoms with Gasteiger partial charge in [0, 0.05) is 18.7 Å². The summed E-state index contributed by atoms with van der Waals surface area (Å²) in [5.41, 5.74) is 1.45. The van der Waals surface area contributed by atoms with Crippen molar-refractivity contribution in [1.82, 2.24) is 9.62 Å². The number of nitrogens with zero attached hydrogens (tertiary/aromatic N) is 1. The summed E-state index contributed by atoms with van der Waals surface area (Å²) in [5, 5.41) is 0. The van der Waals surface area contributed by atoms with Crippen molar-refractivity contribution < 1.29 is 22.7 Å². The van der Waals surface area contributed by atoms with Gasteiger partial charge in [-0.25, -0.2) is 13.1 Å². The van der Waals surface area contributed by atoms with Gasteiger partial charge in [0.2, 0.25) is 10.0 Å². The molecule has 0 radical (unpaired) electrons. The lowest BCUT2D eigenvalue weighted by Gasteiger charge is -2.32. The van der Waals surface area contributed by atoms with Crippen LogP contribution in [0.25, 0.3) is 0 Å². The third kappa shape index (κ3) is 5.14. The molecule has 1 amide bonds. The fourth-order valence-electron chi connectivity index (χ4n) is 3.33. The molecule has 7 nitrogen and oxygen atoms in total. The predicted molar refractivity (Wildman–Crippen MR) is 109 cm³/mol. The van der Waals surface area contributed by atoms with E-state index in [9.17, 15) is 13.2 Å². The molecule has 1 heterocycles. The number of hydrogen-bond donors (Lipinski definition) is 1. The number of ether oxygens (including phenoxy) is 2. The maximum absolute atomic E-state index is 12.9. The van der Waals surface area contributed by atoms with Crippen LogP contribution in [-0.2, 0) is 21.4 Å². The number of carbonyl (C=O) groups is 1. The lowest BCUT2D eigenvalue weighted by atomic mass is 10.1. The van der Waals surface area contributed by atoms with Crippen LogP contribution in [0, 0.1) is 0 Å². The molecule has 0 aliphatic carbocycles. The Balaban J connectivity index is 1.62. The number of nitrogens with one attached hydrogen (secondary N) is 1. The summed E-state index contributed by atoms with van der Waals surface area (Å²) in [5.74, 6) is 0.00522. The Hall–Kier alpha value is -2.42. The van der Waals surface area contributed by atoms with Crippen LogP contribution in [-0.4, -0.2) is 52.6 Å². The molecule has 8 heteroatoms. The number of hydrogen-bond acceptors (Lipinski definition) is 5. The molecule has 1 saturated heterocycles. The van der Waals surface area contributed by atoms with Gasteiger partial charge in [-0.2, -0.15) is 0 Å². The monoisotopic (exact) mass is 418 g/mol. The fraction of sp³-hybridized carbons (Fsp3) is 0.381.